The molecule has 1 amide bonds. The number of ether oxygens (including phenoxy) is 1. The molecule has 112 valence electrons. The summed E-state index contributed by atoms with van der Waals surface area (Å²) >= 11 is 1.48. The van der Waals surface area contributed by atoms with Crippen LogP contribution in [0, 0.1) is 18.3 Å². The summed E-state index contributed by atoms with van der Waals surface area (Å²) in [6.45, 7) is 5.96. The second-order valence-electron chi connectivity index (χ2n) is 5.84. The van der Waals surface area contributed by atoms with Crippen LogP contribution >= 0.6 is 11.3 Å². The third kappa shape index (κ3) is 2.52. The highest BCUT2D eigenvalue weighted by Gasteiger charge is 2.30. The number of nitrogens with one attached hydrogen (secondary N) is 1. The Hall–Kier alpha value is -2.16. The Morgan fingerprint density at radius 1 is 1.36 bits per heavy atom. The number of anilines is 1. The Labute approximate surface area is 133 Å². The third-order valence-electron chi connectivity index (χ3n) is 3.80. The maximum atomic E-state index is 11.7. The van der Waals surface area contributed by atoms with Gasteiger partial charge in [-0.25, -0.2) is 0 Å². The molecule has 0 spiro atoms. The molecule has 0 fully saturated rings. The number of hydrogen-bond acceptors (Lipinski definition) is 4. The minimum Gasteiger partial charge on any atom is -0.361 e. The van der Waals surface area contributed by atoms with Gasteiger partial charge in [-0.1, -0.05) is 6.07 Å². The van der Waals surface area contributed by atoms with Crippen molar-refractivity contribution < 1.29 is 9.53 Å². The van der Waals surface area contributed by atoms with Gasteiger partial charge in [-0.05, 0) is 50.1 Å². The number of carbonyl (C=O) groups excluding carboxylic acids is 1. The van der Waals surface area contributed by atoms with E-state index in [0.29, 0.717) is 4.88 Å². The van der Waals surface area contributed by atoms with Crippen LogP contribution in [0.4, 0.5) is 5.69 Å². The van der Waals surface area contributed by atoms with Crippen molar-refractivity contribution in [1.82, 2.24) is 0 Å². The topological polar surface area (TPSA) is 62.1 Å². The predicted octanol–water partition coefficient (Wildman–Crippen LogP) is 3.80. The smallest absolute Gasteiger partial charge is 0.250 e. The molecule has 0 saturated heterocycles. The molecule has 0 bridgehead atoms. The molecule has 1 aromatic carbocycles. The van der Waals surface area contributed by atoms with E-state index in [-0.39, 0.29) is 12.5 Å². The van der Waals surface area contributed by atoms with Crippen LogP contribution in [0.1, 0.15) is 29.9 Å². The molecule has 0 atom stereocenters. The first-order valence-corrected chi connectivity index (χ1v) is 7.81. The lowest BCUT2D eigenvalue weighted by atomic mass is 9.93. The van der Waals surface area contributed by atoms with Crippen molar-refractivity contribution in [2.75, 3.05) is 11.9 Å². The van der Waals surface area contributed by atoms with Crippen molar-refractivity contribution in [2.45, 2.75) is 26.4 Å². The Kier molecular flexibility index (Phi) is 3.51. The normalized spacial score (nSPS) is 16.4. The minimum absolute atomic E-state index is 0.0492. The van der Waals surface area contributed by atoms with Gasteiger partial charge in [0.2, 0.25) is 5.91 Å². The van der Waals surface area contributed by atoms with Gasteiger partial charge in [-0.2, -0.15) is 5.26 Å². The van der Waals surface area contributed by atoms with Crippen molar-refractivity contribution in [1.29, 1.82) is 5.26 Å². The fraction of sp³-hybridized carbons (Fsp3) is 0.294. The summed E-state index contributed by atoms with van der Waals surface area (Å²) in [5.74, 6) is -0.140. The molecule has 0 radical (unpaired) electrons. The van der Waals surface area contributed by atoms with Crippen LogP contribution in [0.15, 0.2) is 24.3 Å². The number of rotatable bonds is 1. The summed E-state index contributed by atoms with van der Waals surface area (Å²) in [7, 11) is 0. The van der Waals surface area contributed by atoms with Crippen molar-refractivity contribution in [2.24, 2.45) is 0 Å². The van der Waals surface area contributed by atoms with E-state index in [1.807, 2.05) is 45.0 Å². The molecule has 1 aromatic heterocycles. The Morgan fingerprint density at radius 3 is 2.82 bits per heavy atom. The van der Waals surface area contributed by atoms with Gasteiger partial charge >= 0.3 is 0 Å². The van der Waals surface area contributed by atoms with Gasteiger partial charge in [0.1, 0.15) is 17.6 Å². The van der Waals surface area contributed by atoms with Crippen LogP contribution in [0.2, 0.25) is 0 Å². The number of amides is 1. The van der Waals surface area contributed by atoms with E-state index in [4.69, 9.17) is 10.00 Å². The SMILES string of the molecule is Cc1cc(C#N)sc1-c1ccc2c(c1)C(C)(C)OCC(=O)N2. The summed E-state index contributed by atoms with van der Waals surface area (Å²) in [6, 6.07) is 10.0. The first-order chi connectivity index (χ1) is 10.4. The summed E-state index contributed by atoms with van der Waals surface area (Å²) in [6.07, 6.45) is 0. The molecule has 2 heterocycles. The highest BCUT2D eigenvalue weighted by atomic mass is 32.1. The Bertz CT molecular complexity index is 799. The molecule has 1 N–H and O–H groups in total. The van der Waals surface area contributed by atoms with Crippen LogP contribution in [0.25, 0.3) is 10.4 Å². The lowest BCUT2D eigenvalue weighted by Gasteiger charge is -2.25. The Morgan fingerprint density at radius 2 is 2.14 bits per heavy atom. The van der Waals surface area contributed by atoms with E-state index in [1.54, 1.807) is 0 Å². The van der Waals surface area contributed by atoms with E-state index in [9.17, 15) is 4.79 Å². The molecule has 5 heteroatoms. The number of benzene rings is 1. The molecular formula is C17H16N2O2S. The molecule has 4 nitrogen and oxygen atoms in total. The second-order valence-corrected chi connectivity index (χ2v) is 6.89. The second kappa shape index (κ2) is 5.24. The number of aryl methyl sites for hydroxylation is 1. The van der Waals surface area contributed by atoms with Gasteiger partial charge in [0, 0.05) is 16.1 Å². The van der Waals surface area contributed by atoms with Crippen LogP contribution in [0.3, 0.4) is 0 Å². The van der Waals surface area contributed by atoms with Crippen molar-refractivity contribution in [3.63, 3.8) is 0 Å². The molecule has 3 rings (SSSR count). The quantitative estimate of drug-likeness (QED) is 0.871. The molecule has 1 aliphatic rings. The zero-order valence-electron chi connectivity index (χ0n) is 12.7. The van der Waals surface area contributed by atoms with Gasteiger partial charge in [0.15, 0.2) is 0 Å². The molecule has 2 aromatic rings. The zero-order chi connectivity index (χ0) is 15.9. The van der Waals surface area contributed by atoms with Gasteiger partial charge in [0.25, 0.3) is 0 Å². The molecular weight excluding hydrogens is 296 g/mol. The Balaban J connectivity index is 2.14. The van der Waals surface area contributed by atoms with Gasteiger partial charge in [-0.3, -0.25) is 4.79 Å². The average Bonchev–Trinajstić information content (AvgIpc) is 2.81. The van der Waals surface area contributed by atoms with E-state index < -0.39 is 5.60 Å². The standard InChI is InChI=1S/C17H16N2O2S/c1-10-6-12(8-18)22-16(10)11-4-5-14-13(7-11)17(2,3)21-9-15(20)19-14/h4-7H,9H2,1-3H3,(H,19,20). The monoisotopic (exact) mass is 312 g/mol. The fourth-order valence-electron chi connectivity index (χ4n) is 2.63. The maximum Gasteiger partial charge on any atom is 0.250 e. The first-order valence-electron chi connectivity index (χ1n) is 7.00. The van der Waals surface area contributed by atoms with Crippen molar-refractivity contribution in [3.05, 3.63) is 40.3 Å². The van der Waals surface area contributed by atoms with Crippen LogP contribution < -0.4 is 5.32 Å². The van der Waals surface area contributed by atoms with Crippen molar-refractivity contribution in [3.8, 4) is 16.5 Å². The minimum atomic E-state index is -0.548. The van der Waals surface area contributed by atoms with Crippen LogP contribution in [0.5, 0.6) is 0 Å². The molecule has 0 saturated carbocycles. The van der Waals surface area contributed by atoms with Gasteiger partial charge in [-0.15, -0.1) is 11.3 Å². The molecule has 1 aliphatic heterocycles. The predicted molar refractivity (Wildman–Crippen MR) is 86.8 cm³/mol. The highest BCUT2D eigenvalue weighted by molar-refractivity contribution is 7.16. The molecule has 22 heavy (non-hydrogen) atoms. The van der Waals surface area contributed by atoms with Crippen molar-refractivity contribution >= 4 is 22.9 Å². The number of fused-ring (bicyclic) bond motifs is 1. The van der Waals surface area contributed by atoms with Gasteiger partial charge < -0.3 is 10.1 Å². The number of nitrogens with zero attached hydrogens (tertiary/aromatic N) is 1. The number of nitriles is 1. The van der Waals surface area contributed by atoms with Crippen LogP contribution in [-0.2, 0) is 15.1 Å². The van der Waals surface area contributed by atoms with Crippen LogP contribution in [-0.4, -0.2) is 12.5 Å². The molecule has 0 unspecified atom stereocenters. The highest BCUT2D eigenvalue weighted by Crippen LogP contribution is 2.39. The maximum absolute atomic E-state index is 11.7. The van der Waals surface area contributed by atoms with E-state index in [0.717, 1.165) is 27.3 Å². The largest absolute Gasteiger partial charge is 0.361 e. The van der Waals surface area contributed by atoms with Gasteiger partial charge in [0.05, 0.1) is 5.60 Å². The average molecular weight is 312 g/mol. The third-order valence-corrected chi connectivity index (χ3v) is 4.99. The fourth-order valence-corrected chi connectivity index (χ4v) is 3.59. The summed E-state index contributed by atoms with van der Waals surface area (Å²) in [5.41, 5.74) is 3.30. The lowest BCUT2D eigenvalue weighted by molar-refractivity contribution is -0.125. The number of carbonyl (C=O) groups is 1. The zero-order valence-corrected chi connectivity index (χ0v) is 13.5. The summed E-state index contributed by atoms with van der Waals surface area (Å²) in [4.78, 5) is 13.5. The summed E-state index contributed by atoms with van der Waals surface area (Å²) in [5, 5.41) is 11.9. The first kappa shape index (κ1) is 14.8. The number of thiophene rings is 1. The molecule has 0 aliphatic carbocycles. The van der Waals surface area contributed by atoms with E-state index in [2.05, 4.69) is 11.4 Å². The lowest BCUT2D eigenvalue weighted by Crippen LogP contribution is -2.22. The van der Waals surface area contributed by atoms with E-state index in [1.165, 1.54) is 11.3 Å². The summed E-state index contributed by atoms with van der Waals surface area (Å²) < 4.78 is 5.72. The van der Waals surface area contributed by atoms with E-state index >= 15 is 0 Å². The number of hydrogen-bond donors (Lipinski definition) is 1.